The first-order chi connectivity index (χ1) is 13.1. The van der Waals surface area contributed by atoms with Crippen LogP contribution in [-0.2, 0) is 6.54 Å². The summed E-state index contributed by atoms with van der Waals surface area (Å²) in [5.74, 6) is 0. The summed E-state index contributed by atoms with van der Waals surface area (Å²) in [4.78, 5) is 15.0. The molecule has 0 bridgehead atoms. The number of hydrogen-bond donors (Lipinski definition) is 1. The molecule has 0 fully saturated rings. The highest BCUT2D eigenvalue weighted by molar-refractivity contribution is 5.71. The van der Waals surface area contributed by atoms with E-state index >= 15 is 0 Å². The molecular weight excluding hydrogens is 340 g/mol. The van der Waals surface area contributed by atoms with Crippen molar-refractivity contribution in [1.82, 2.24) is 4.98 Å². The molecule has 0 saturated carbocycles. The summed E-state index contributed by atoms with van der Waals surface area (Å²) in [6, 6.07) is 14.6. The molecule has 0 atom stereocenters. The Morgan fingerprint density at radius 1 is 1.15 bits per heavy atom. The zero-order valence-electron chi connectivity index (χ0n) is 15.1. The van der Waals surface area contributed by atoms with E-state index in [1.54, 1.807) is 18.3 Å². The number of rotatable bonds is 6. The number of aryl methyl sites for hydroxylation is 1. The van der Waals surface area contributed by atoms with E-state index in [1.165, 1.54) is 6.07 Å². The second-order valence-corrected chi connectivity index (χ2v) is 6.23. The molecule has 3 rings (SSSR count). The summed E-state index contributed by atoms with van der Waals surface area (Å²) >= 11 is 0. The lowest BCUT2D eigenvalue weighted by Gasteiger charge is -2.05. The standard InChI is InChI=1S/C21H21N4O2/c1-16-7-10-23-20(13-16)21-15-18(8-11-24(21)12-9-22)6-5-17-3-2-4-19(14-17)25(26)27/h2-8,10-11,13-15H,9,12,22H2,1H3/q+1/b6-5+. The molecule has 27 heavy (non-hydrogen) atoms. The second kappa shape index (κ2) is 8.33. The van der Waals surface area contributed by atoms with Gasteiger partial charge >= 0.3 is 0 Å². The largest absolute Gasteiger partial charge is 0.325 e. The van der Waals surface area contributed by atoms with Crippen LogP contribution in [0.15, 0.2) is 60.9 Å². The molecule has 0 amide bonds. The van der Waals surface area contributed by atoms with Crippen molar-refractivity contribution in [2.45, 2.75) is 13.5 Å². The monoisotopic (exact) mass is 361 g/mol. The van der Waals surface area contributed by atoms with Crippen LogP contribution in [0.2, 0.25) is 0 Å². The average Bonchev–Trinajstić information content (AvgIpc) is 2.67. The smallest absolute Gasteiger partial charge is 0.270 e. The first-order valence-electron chi connectivity index (χ1n) is 8.66. The van der Waals surface area contributed by atoms with E-state index in [0.29, 0.717) is 13.1 Å². The van der Waals surface area contributed by atoms with Gasteiger partial charge in [0.15, 0.2) is 12.7 Å². The van der Waals surface area contributed by atoms with Gasteiger partial charge in [-0.3, -0.25) is 10.1 Å². The Labute approximate surface area is 157 Å². The van der Waals surface area contributed by atoms with Crippen molar-refractivity contribution in [3.63, 3.8) is 0 Å². The fourth-order valence-electron chi connectivity index (χ4n) is 2.81. The summed E-state index contributed by atoms with van der Waals surface area (Å²) < 4.78 is 2.08. The molecule has 136 valence electrons. The maximum Gasteiger partial charge on any atom is 0.270 e. The van der Waals surface area contributed by atoms with E-state index in [0.717, 1.165) is 28.1 Å². The molecule has 2 aromatic heterocycles. The first kappa shape index (κ1) is 18.4. The van der Waals surface area contributed by atoms with Crippen LogP contribution >= 0.6 is 0 Å². The molecule has 0 unspecified atom stereocenters. The number of pyridine rings is 2. The molecule has 0 saturated heterocycles. The number of benzene rings is 1. The van der Waals surface area contributed by atoms with Crippen molar-refractivity contribution in [1.29, 1.82) is 0 Å². The lowest BCUT2D eigenvalue weighted by Crippen LogP contribution is -2.39. The lowest BCUT2D eigenvalue weighted by atomic mass is 10.1. The molecule has 2 heterocycles. The molecule has 0 aliphatic heterocycles. The van der Waals surface area contributed by atoms with Crippen molar-refractivity contribution < 1.29 is 9.49 Å². The third-order valence-corrected chi connectivity index (χ3v) is 4.16. The zero-order valence-corrected chi connectivity index (χ0v) is 15.1. The second-order valence-electron chi connectivity index (χ2n) is 6.23. The van der Waals surface area contributed by atoms with Gasteiger partial charge in [-0.05, 0) is 35.7 Å². The van der Waals surface area contributed by atoms with Crippen LogP contribution in [0.5, 0.6) is 0 Å². The molecule has 2 N–H and O–H groups in total. The number of aromatic nitrogens is 2. The Morgan fingerprint density at radius 3 is 2.63 bits per heavy atom. The van der Waals surface area contributed by atoms with Crippen molar-refractivity contribution >= 4 is 17.8 Å². The van der Waals surface area contributed by atoms with E-state index in [4.69, 9.17) is 5.73 Å². The molecule has 6 nitrogen and oxygen atoms in total. The third-order valence-electron chi connectivity index (χ3n) is 4.16. The summed E-state index contributed by atoms with van der Waals surface area (Å²) in [7, 11) is 0. The minimum Gasteiger partial charge on any atom is -0.325 e. The third kappa shape index (κ3) is 4.62. The lowest BCUT2D eigenvalue weighted by molar-refractivity contribution is -0.683. The zero-order chi connectivity index (χ0) is 19.2. The number of nitrogens with two attached hydrogens (primary N) is 1. The maximum absolute atomic E-state index is 10.9. The summed E-state index contributed by atoms with van der Waals surface area (Å²) in [6.07, 6.45) is 7.58. The number of nitrogens with zero attached hydrogens (tertiary/aromatic N) is 3. The van der Waals surface area contributed by atoms with Crippen molar-refractivity contribution in [2.75, 3.05) is 6.54 Å². The van der Waals surface area contributed by atoms with Crippen LogP contribution in [0.3, 0.4) is 0 Å². The Kier molecular flexibility index (Phi) is 5.68. The van der Waals surface area contributed by atoms with Crippen molar-refractivity contribution in [2.24, 2.45) is 5.73 Å². The normalized spacial score (nSPS) is 11.0. The highest BCUT2D eigenvalue weighted by Crippen LogP contribution is 2.18. The van der Waals surface area contributed by atoms with Crippen LogP contribution in [0.25, 0.3) is 23.5 Å². The van der Waals surface area contributed by atoms with Crippen molar-refractivity contribution in [3.05, 3.63) is 87.7 Å². The van der Waals surface area contributed by atoms with Gasteiger partial charge in [-0.2, -0.15) is 4.57 Å². The van der Waals surface area contributed by atoms with Gasteiger partial charge < -0.3 is 5.73 Å². The number of nitro benzene ring substituents is 1. The van der Waals surface area contributed by atoms with Gasteiger partial charge in [-0.15, -0.1) is 0 Å². The highest BCUT2D eigenvalue weighted by Gasteiger charge is 2.14. The minimum absolute atomic E-state index is 0.0793. The molecule has 6 heteroatoms. The summed E-state index contributed by atoms with van der Waals surface area (Å²) in [5, 5.41) is 10.9. The van der Waals surface area contributed by atoms with Crippen LogP contribution in [0, 0.1) is 17.0 Å². The predicted molar refractivity (Wildman–Crippen MR) is 106 cm³/mol. The number of non-ortho nitro benzene ring substituents is 1. The quantitative estimate of drug-likeness (QED) is 0.414. The van der Waals surface area contributed by atoms with Crippen molar-refractivity contribution in [3.8, 4) is 11.4 Å². The van der Waals surface area contributed by atoms with Gasteiger partial charge in [0.05, 0.1) is 11.5 Å². The van der Waals surface area contributed by atoms with Gasteiger partial charge in [0.25, 0.3) is 5.69 Å². The van der Waals surface area contributed by atoms with Crippen LogP contribution in [0.4, 0.5) is 5.69 Å². The minimum atomic E-state index is -0.392. The van der Waals surface area contributed by atoms with E-state index in [2.05, 4.69) is 9.55 Å². The molecular formula is C21H21N4O2+. The molecule has 0 aliphatic carbocycles. The van der Waals surface area contributed by atoms with E-state index in [9.17, 15) is 10.1 Å². The topological polar surface area (TPSA) is 85.9 Å². The fourth-order valence-corrected chi connectivity index (χ4v) is 2.81. The number of nitro groups is 1. The maximum atomic E-state index is 10.9. The van der Waals surface area contributed by atoms with Gasteiger partial charge in [-0.1, -0.05) is 24.3 Å². The average molecular weight is 361 g/mol. The van der Waals surface area contributed by atoms with Gasteiger partial charge in [-0.25, -0.2) is 4.98 Å². The SMILES string of the molecule is Cc1ccnc(-c2cc(/C=C/c3cccc([N+](=O)[O-])c3)cc[n+]2CCN)c1. The van der Waals surface area contributed by atoms with Crippen LogP contribution < -0.4 is 10.3 Å². The highest BCUT2D eigenvalue weighted by atomic mass is 16.6. The summed E-state index contributed by atoms with van der Waals surface area (Å²) in [5.41, 5.74) is 10.6. The first-order valence-corrected chi connectivity index (χ1v) is 8.66. The molecule has 0 spiro atoms. The predicted octanol–water partition coefficient (Wildman–Crippen LogP) is 3.38. The Balaban J connectivity index is 1.96. The van der Waals surface area contributed by atoms with Gasteiger partial charge in [0, 0.05) is 30.5 Å². The van der Waals surface area contributed by atoms with E-state index < -0.39 is 4.92 Å². The van der Waals surface area contributed by atoms with E-state index in [1.807, 2.05) is 55.6 Å². The summed E-state index contributed by atoms with van der Waals surface area (Å²) in [6.45, 7) is 3.26. The van der Waals surface area contributed by atoms with E-state index in [-0.39, 0.29) is 5.69 Å². The Bertz CT molecular complexity index is 999. The molecule has 3 aromatic rings. The molecule has 0 radical (unpaired) electrons. The van der Waals surface area contributed by atoms with Gasteiger partial charge in [0.2, 0.25) is 5.69 Å². The Hall–Kier alpha value is -3.38. The molecule has 0 aliphatic rings. The molecule has 1 aromatic carbocycles. The van der Waals surface area contributed by atoms with Gasteiger partial charge in [0.1, 0.15) is 5.69 Å². The van der Waals surface area contributed by atoms with Crippen LogP contribution in [-0.4, -0.2) is 16.5 Å². The van der Waals surface area contributed by atoms with Crippen LogP contribution in [0.1, 0.15) is 16.7 Å². The Morgan fingerprint density at radius 2 is 1.93 bits per heavy atom. The fraction of sp³-hybridized carbons (Fsp3) is 0.143. The number of hydrogen-bond acceptors (Lipinski definition) is 4.